The molecule has 0 spiro atoms. The van der Waals surface area contributed by atoms with Crippen molar-refractivity contribution in [2.24, 2.45) is 29.6 Å². The number of alkyl halides is 1. The number of carbonyl (C=O) groups is 3. The van der Waals surface area contributed by atoms with Crippen LogP contribution in [0, 0.1) is 29.6 Å². The minimum Gasteiger partial charge on any atom is -0.477 e. The smallest absolute Gasteiger partial charge is 0.341 e. The van der Waals surface area contributed by atoms with E-state index in [-0.39, 0.29) is 53.1 Å². The Morgan fingerprint density at radius 2 is 1.55 bits per heavy atom. The largest absolute Gasteiger partial charge is 0.477 e. The zero-order valence-electron chi connectivity index (χ0n) is 55.4. The Bertz CT molecular complexity index is 2080. The molecule has 11 unspecified atom stereocenters. The van der Waals surface area contributed by atoms with Crippen molar-refractivity contribution in [1.29, 1.82) is 0 Å². The number of nitrogens with one attached hydrogen (secondary N) is 1. The molecule has 6 N–H and O–H groups in total. The molecule has 3 aliphatic rings. The molecule has 0 bridgehead atoms. The zero-order chi connectivity index (χ0) is 64.8. The number of carboxylic acid groups (broad SMARTS) is 1. The van der Waals surface area contributed by atoms with Crippen LogP contribution < -0.4 is 21.3 Å². The van der Waals surface area contributed by atoms with Crippen LogP contribution in [0.4, 0.5) is 4.39 Å². The molecule has 1 saturated heterocycles. The highest BCUT2D eigenvalue weighted by molar-refractivity contribution is 8.07. The lowest BCUT2D eigenvalue weighted by Crippen LogP contribution is -2.53. The number of aromatic nitrogens is 1. The Hall–Kier alpha value is -3.08. The first kappa shape index (κ1) is 84.1. The van der Waals surface area contributed by atoms with Gasteiger partial charge >= 0.3 is 5.97 Å². The number of aldehydes is 1. The van der Waals surface area contributed by atoms with Crippen LogP contribution >= 0.6 is 11.8 Å². The minimum atomic E-state index is -1.43. The van der Waals surface area contributed by atoms with Gasteiger partial charge in [0.25, 0.3) is 6.47 Å². The van der Waals surface area contributed by atoms with Crippen LogP contribution in [0.2, 0.25) is 0 Å². The fraction of sp³-hybridized carbons (Fsp3) is 0.812. The maximum atomic E-state index is 14.1. The molecule has 1 aliphatic heterocycles. The highest BCUT2D eigenvalue weighted by Crippen LogP contribution is 2.39. The van der Waals surface area contributed by atoms with E-state index >= 15 is 0 Å². The molecule has 2 aliphatic carbocycles. The molecule has 0 aromatic carbocycles. The number of pyridine rings is 1. The van der Waals surface area contributed by atoms with Crippen molar-refractivity contribution in [2.75, 3.05) is 61.4 Å². The number of aryl methyl sites for hydroxylation is 1. The average molecular weight is 1210 g/mol. The van der Waals surface area contributed by atoms with Gasteiger partial charge in [-0.3, -0.25) is 9.59 Å². The number of hydrogen-bond donors (Lipinski definition) is 6. The molecule has 17 nitrogen and oxygen atoms in total. The molecule has 4 rings (SSSR count). The topological polar surface area (TPSA) is 236 Å². The molecule has 488 valence electrons. The third kappa shape index (κ3) is 28.1. The third-order valence-electron chi connectivity index (χ3n) is 15.9. The summed E-state index contributed by atoms with van der Waals surface area (Å²) >= 11 is 1.62. The van der Waals surface area contributed by atoms with Gasteiger partial charge in [-0.15, -0.1) is 11.8 Å². The van der Waals surface area contributed by atoms with Gasteiger partial charge in [-0.05, 0) is 136 Å². The fourth-order valence-corrected chi connectivity index (χ4v) is 12.0. The van der Waals surface area contributed by atoms with Crippen molar-refractivity contribution in [1.82, 2.24) is 14.8 Å². The van der Waals surface area contributed by atoms with Crippen LogP contribution in [0.15, 0.2) is 23.1 Å². The Balaban J connectivity index is -0.00000123. The van der Waals surface area contributed by atoms with E-state index in [0.717, 1.165) is 69.1 Å². The standard InChI is InChI=1S/C31H59NO7.C18H25FN2O3S.C9H16O2.2C2H6.2CH4O/c1-13-26(36-11)31(8,35)29(34)24(6)23(5)21(3)18-30(7,37-12)27(15-14-20(2)19-33)39-28-17-25(32(9)10)16-22(4)38-28;1-3-7-20-8-9-25-15-6-5-12(19)10-13-16(15)21(4-2)11-14(17(13)22)18(23)24;1-7-4-3-5-8(2)9(7)11-6-10;4*1-2/h19-22,24-29,34-35H,5,13-18H2,1-4,6-12H3;10-12,20H,3-9H2,1-2H3,(H,23,24);6-9H,3-5H2,1-2H3;2*1-2H3;2*2H,1H3/t20?,21-,22?,24?,25?,26-,27-,28?,29?,30?,31?;;;;;;/m1....../s1. The van der Waals surface area contributed by atoms with Crippen LogP contribution in [0.5, 0.6) is 0 Å². The predicted molar refractivity (Wildman–Crippen MR) is 338 cm³/mol. The summed E-state index contributed by atoms with van der Waals surface area (Å²) in [5.74, 6) is 0.125. The zero-order valence-corrected chi connectivity index (χ0v) is 56.2. The molecule has 2 fully saturated rings. The lowest BCUT2D eigenvalue weighted by atomic mass is 9.75. The second kappa shape index (κ2) is 46.1. The number of ether oxygens (including phenoxy) is 5. The van der Waals surface area contributed by atoms with Crippen molar-refractivity contribution in [3.8, 4) is 0 Å². The molecular formula is C64H120FN3O14S. The first-order valence-electron chi connectivity index (χ1n) is 30.6. The highest BCUT2D eigenvalue weighted by atomic mass is 32.2. The van der Waals surface area contributed by atoms with E-state index < -0.39 is 41.0 Å². The number of hydrogen-bond acceptors (Lipinski definition) is 16. The maximum Gasteiger partial charge on any atom is 0.341 e. The van der Waals surface area contributed by atoms with Crippen LogP contribution in [0.1, 0.15) is 191 Å². The van der Waals surface area contributed by atoms with Crippen molar-refractivity contribution in [2.45, 2.75) is 248 Å². The molecule has 2 heterocycles. The number of carbonyl (C=O) groups excluding carboxylic acids is 2. The number of aliphatic hydroxyl groups is 4. The van der Waals surface area contributed by atoms with Crippen LogP contribution in [-0.2, 0) is 39.8 Å². The molecule has 1 saturated carbocycles. The summed E-state index contributed by atoms with van der Waals surface area (Å²) < 4.78 is 45.4. The van der Waals surface area contributed by atoms with Gasteiger partial charge in [0.1, 0.15) is 29.7 Å². The number of aliphatic hydroxyl groups excluding tert-OH is 3. The highest BCUT2D eigenvalue weighted by Gasteiger charge is 2.45. The van der Waals surface area contributed by atoms with Gasteiger partial charge in [0.15, 0.2) is 6.29 Å². The monoisotopic (exact) mass is 1210 g/mol. The van der Waals surface area contributed by atoms with Gasteiger partial charge in [-0.2, -0.15) is 0 Å². The number of carboxylic acids is 1. The second-order valence-electron chi connectivity index (χ2n) is 22.1. The Labute approximate surface area is 505 Å². The fourth-order valence-electron chi connectivity index (χ4n) is 10.9. The van der Waals surface area contributed by atoms with Gasteiger partial charge in [0.05, 0.1) is 35.4 Å². The summed E-state index contributed by atoms with van der Waals surface area (Å²) in [6, 6.07) is 0.356. The SMILES string of the molecule is C=C(C(C)C(O)C(C)(O)[C@@H](CC)OC)[C@H](C)CC(C)(OC)[C@@H](CCC(C)C=O)OC1CC(N(C)C)CC(C)O1.CC.CC.CC1CCCC(C)C1OC=O.CCCNCCSC1=c2c(c(=O)c(C(=O)O)cn2CC)=CC(F)CC1.CO.CO. The van der Waals surface area contributed by atoms with E-state index in [0.29, 0.717) is 74.8 Å². The second-order valence-corrected chi connectivity index (χ2v) is 23.3. The quantitative estimate of drug-likeness (QED) is 0.0261. The summed E-state index contributed by atoms with van der Waals surface area (Å²) in [5.41, 5.74) is -2.20. The molecular weight excluding hydrogens is 1090 g/mol. The van der Waals surface area contributed by atoms with Crippen LogP contribution in [0.25, 0.3) is 11.0 Å². The van der Waals surface area contributed by atoms with Crippen molar-refractivity contribution < 1.29 is 68.0 Å². The Morgan fingerprint density at radius 3 is 2.04 bits per heavy atom. The van der Waals surface area contributed by atoms with Gasteiger partial charge in [0, 0.05) is 87.9 Å². The summed E-state index contributed by atoms with van der Waals surface area (Å²) in [7, 11) is 9.40. The summed E-state index contributed by atoms with van der Waals surface area (Å²) in [6.45, 7) is 37.1. The first-order valence-corrected chi connectivity index (χ1v) is 31.6. The van der Waals surface area contributed by atoms with E-state index in [4.69, 9.17) is 33.9 Å². The number of halogens is 1. The van der Waals surface area contributed by atoms with Crippen molar-refractivity contribution >= 4 is 41.5 Å². The third-order valence-corrected chi connectivity index (χ3v) is 17.0. The molecule has 0 radical (unpaired) electrons. The molecule has 14 atom stereocenters. The molecule has 83 heavy (non-hydrogen) atoms. The first-order chi connectivity index (χ1) is 39.3. The van der Waals surface area contributed by atoms with Crippen LogP contribution in [0.3, 0.4) is 0 Å². The van der Waals surface area contributed by atoms with Gasteiger partial charge in [-0.1, -0.05) is 94.7 Å². The summed E-state index contributed by atoms with van der Waals surface area (Å²) in [5, 5.41) is 49.7. The van der Waals surface area contributed by atoms with E-state index in [1.54, 1.807) is 37.5 Å². The number of nitrogens with zero attached hydrogens (tertiary/aromatic N) is 2. The number of methoxy groups -OCH3 is 2. The predicted octanol–water partition coefficient (Wildman–Crippen LogP) is 9.18. The van der Waals surface area contributed by atoms with E-state index in [2.05, 4.69) is 65.5 Å². The number of fused-ring (bicyclic) bond motifs is 1. The summed E-state index contributed by atoms with van der Waals surface area (Å²) in [4.78, 5) is 48.6. The minimum absolute atomic E-state index is 0.0478. The van der Waals surface area contributed by atoms with Crippen molar-refractivity contribution in [3.05, 3.63) is 44.7 Å². The normalized spacial score (nSPS) is 23.6. The molecule has 0 amide bonds. The summed E-state index contributed by atoms with van der Waals surface area (Å²) in [6.07, 6.45) is 10.2. The molecule has 1 aromatic rings. The number of rotatable bonds is 28. The Kier molecular flexibility index (Phi) is 46.8. The van der Waals surface area contributed by atoms with Gasteiger partial charge in [-0.25, -0.2) is 9.18 Å². The van der Waals surface area contributed by atoms with Crippen molar-refractivity contribution in [3.63, 3.8) is 0 Å². The lowest BCUT2D eigenvalue weighted by Gasteiger charge is -2.44. The molecule has 1 aromatic heterocycles. The lowest BCUT2D eigenvalue weighted by molar-refractivity contribution is -0.256. The van der Waals surface area contributed by atoms with E-state index in [1.165, 1.54) is 31.5 Å². The van der Waals surface area contributed by atoms with Gasteiger partial charge in [0.2, 0.25) is 5.43 Å². The van der Waals surface area contributed by atoms with Gasteiger partial charge < -0.3 is 68.8 Å². The molecule has 19 heteroatoms. The Morgan fingerprint density at radius 1 is 0.964 bits per heavy atom. The maximum absolute atomic E-state index is 14.1. The van der Waals surface area contributed by atoms with E-state index in [9.17, 15) is 38.9 Å². The average Bonchev–Trinajstić information content (AvgIpc) is 3.97. The number of aromatic carboxylic acids is 1. The van der Waals surface area contributed by atoms with E-state index in [1.807, 2.05) is 62.3 Å². The van der Waals surface area contributed by atoms with Crippen LogP contribution in [-0.4, -0.2) is 175 Å². The number of thioether (sulfide) groups is 1.